The number of thiophene rings is 1. The SMILES string of the molecule is O=S(=O)(NCc1cncc(-c2ccsc2)c1)c1ccc(-c2cccc(C(F)(F)F)c2)cc1. The van der Waals surface area contributed by atoms with Gasteiger partial charge in [-0.05, 0) is 69.4 Å². The number of rotatable bonds is 6. The zero-order chi connectivity index (χ0) is 22.8. The molecule has 0 fully saturated rings. The van der Waals surface area contributed by atoms with Gasteiger partial charge in [0.25, 0.3) is 0 Å². The summed E-state index contributed by atoms with van der Waals surface area (Å²) in [5.74, 6) is 0. The van der Waals surface area contributed by atoms with Crippen LogP contribution in [-0.4, -0.2) is 13.4 Å². The van der Waals surface area contributed by atoms with E-state index in [1.54, 1.807) is 29.8 Å². The minimum Gasteiger partial charge on any atom is -0.264 e. The standard InChI is InChI=1S/C23H17F3N2O2S2/c24-23(25,26)21-3-1-2-18(11-21)17-4-6-22(7-5-17)32(29,30)28-13-16-10-20(14-27-12-16)19-8-9-31-15-19/h1-12,14-15,28H,13H2. The van der Waals surface area contributed by atoms with Gasteiger partial charge < -0.3 is 0 Å². The van der Waals surface area contributed by atoms with Crippen LogP contribution in [0.15, 0.2) is 88.7 Å². The Hall–Kier alpha value is -3.01. The summed E-state index contributed by atoms with van der Waals surface area (Å²) in [6.45, 7) is 0.0582. The molecule has 2 heterocycles. The molecule has 0 atom stereocenters. The van der Waals surface area contributed by atoms with Crippen molar-refractivity contribution in [3.8, 4) is 22.3 Å². The molecule has 0 saturated heterocycles. The van der Waals surface area contributed by atoms with Crippen LogP contribution in [0.1, 0.15) is 11.1 Å². The third-order valence-electron chi connectivity index (χ3n) is 4.80. The van der Waals surface area contributed by atoms with Crippen molar-refractivity contribution in [2.24, 2.45) is 0 Å². The highest BCUT2D eigenvalue weighted by Gasteiger charge is 2.30. The number of nitrogens with one attached hydrogen (secondary N) is 1. The topological polar surface area (TPSA) is 59.1 Å². The second-order valence-electron chi connectivity index (χ2n) is 7.02. The van der Waals surface area contributed by atoms with E-state index in [0.717, 1.165) is 23.3 Å². The normalized spacial score (nSPS) is 12.1. The molecule has 164 valence electrons. The van der Waals surface area contributed by atoms with Crippen LogP contribution in [0.3, 0.4) is 0 Å². The molecule has 2 aromatic carbocycles. The molecule has 0 spiro atoms. The lowest BCUT2D eigenvalue weighted by Gasteiger charge is -2.10. The monoisotopic (exact) mass is 474 g/mol. The quantitative estimate of drug-likeness (QED) is 0.374. The zero-order valence-corrected chi connectivity index (χ0v) is 18.1. The fraction of sp³-hybridized carbons (Fsp3) is 0.0870. The van der Waals surface area contributed by atoms with E-state index in [2.05, 4.69) is 9.71 Å². The van der Waals surface area contributed by atoms with Gasteiger partial charge in [-0.1, -0.05) is 24.3 Å². The molecule has 4 nitrogen and oxygen atoms in total. The molecule has 0 unspecified atom stereocenters. The van der Waals surface area contributed by atoms with E-state index in [-0.39, 0.29) is 11.4 Å². The predicted octanol–water partition coefficient (Wildman–Crippen LogP) is 5.97. The fourth-order valence-corrected chi connectivity index (χ4v) is 4.82. The Labute approximate surface area is 187 Å². The lowest BCUT2D eigenvalue weighted by molar-refractivity contribution is -0.137. The van der Waals surface area contributed by atoms with E-state index in [4.69, 9.17) is 0 Å². The number of benzene rings is 2. The molecule has 0 aliphatic heterocycles. The largest absolute Gasteiger partial charge is 0.416 e. The maximum atomic E-state index is 12.9. The Bertz CT molecular complexity index is 1320. The van der Waals surface area contributed by atoms with E-state index >= 15 is 0 Å². The van der Waals surface area contributed by atoms with Gasteiger partial charge in [0.2, 0.25) is 10.0 Å². The second kappa shape index (κ2) is 8.85. The average Bonchev–Trinajstić information content (AvgIpc) is 3.33. The van der Waals surface area contributed by atoms with E-state index in [0.29, 0.717) is 16.7 Å². The Balaban J connectivity index is 1.49. The lowest BCUT2D eigenvalue weighted by atomic mass is 10.0. The number of halogens is 3. The van der Waals surface area contributed by atoms with Gasteiger partial charge in [-0.15, -0.1) is 0 Å². The predicted molar refractivity (Wildman–Crippen MR) is 118 cm³/mol. The Morgan fingerprint density at radius 2 is 1.66 bits per heavy atom. The molecular formula is C23H17F3N2O2S2. The number of sulfonamides is 1. The van der Waals surface area contributed by atoms with Gasteiger partial charge in [-0.25, -0.2) is 13.1 Å². The summed E-state index contributed by atoms with van der Waals surface area (Å²) in [6.07, 6.45) is -1.14. The number of nitrogens with zero attached hydrogens (tertiary/aromatic N) is 1. The van der Waals surface area contributed by atoms with E-state index < -0.39 is 21.8 Å². The third-order valence-corrected chi connectivity index (χ3v) is 6.90. The molecule has 2 aromatic heterocycles. The van der Waals surface area contributed by atoms with E-state index in [1.807, 2.05) is 22.9 Å². The molecule has 4 aromatic rings. The second-order valence-corrected chi connectivity index (χ2v) is 9.57. The highest BCUT2D eigenvalue weighted by Crippen LogP contribution is 2.32. The van der Waals surface area contributed by atoms with Crippen LogP contribution in [0.5, 0.6) is 0 Å². The molecular weight excluding hydrogens is 457 g/mol. The van der Waals surface area contributed by atoms with Crippen molar-refractivity contribution in [1.29, 1.82) is 0 Å². The number of hydrogen-bond acceptors (Lipinski definition) is 4. The van der Waals surface area contributed by atoms with Crippen molar-refractivity contribution in [3.05, 3.63) is 94.9 Å². The van der Waals surface area contributed by atoms with Crippen molar-refractivity contribution in [2.75, 3.05) is 0 Å². The Kier molecular flexibility index (Phi) is 6.14. The van der Waals surface area contributed by atoms with Crippen molar-refractivity contribution >= 4 is 21.4 Å². The van der Waals surface area contributed by atoms with Gasteiger partial charge in [-0.2, -0.15) is 24.5 Å². The molecule has 9 heteroatoms. The highest BCUT2D eigenvalue weighted by atomic mass is 32.2. The average molecular weight is 475 g/mol. The van der Waals surface area contributed by atoms with E-state index in [9.17, 15) is 21.6 Å². The number of alkyl halides is 3. The van der Waals surface area contributed by atoms with Crippen LogP contribution in [0.25, 0.3) is 22.3 Å². The van der Waals surface area contributed by atoms with Crippen molar-refractivity contribution < 1.29 is 21.6 Å². The fourth-order valence-electron chi connectivity index (χ4n) is 3.13. The molecule has 1 N–H and O–H groups in total. The Morgan fingerprint density at radius 3 is 2.34 bits per heavy atom. The van der Waals surface area contributed by atoms with Gasteiger partial charge >= 0.3 is 6.18 Å². The van der Waals surface area contributed by atoms with Crippen molar-refractivity contribution in [1.82, 2.24) is 9.71 Å². The van der Waals surface area contributed by atoms with Gasteiger partial charge in [0, 0.05) is 24.5 Å². The first-order valence-corrected chi connectivity index (χ1v) is 11.9. The molecule has 0 amide bonds. The van der Waals surface area contributed by atoms with Crippen LogP contribution >= 0.6 is 11.3 Å². The van der Waals surface area contributed by atoms with Gasteiger partial charge in [0.05, 0.1) is 10.5 Å². The molecule has 4 rings (SSSR count). The van der Waals surface area contributed by atoms with Crippen molar-refractivity contribution in [3.63, 3.8) is 0 Å². The minimum absolute atomic E-state index is 0.0233. The molecule has 0 bridgehead atoms. The van der Waals surface area contributed by atoms with Crippen LogP contribution in [-0.2, 0) is 22.7 Å². The minimum atomic E-state index is -4.45. The zero-order valence-electron chi connectivity index (χ0n) is 16.5. The molecule has 32 heavy (non-hydrogen) atoms. The van der Waals surface area contributed by atoms with Crippen LogP contribution in [0, 0.1) is 0 Å². The molecule has 0 saturated carbocycles. The third kappa shape index (κ3) is 5.07. The van der Waals surface area contributed by atoms with Crippen LogP contribution in [0.2, 0.25) is 0 Å². The smallest absolute Gasteiger partial charge is 0.264 e. The highest BCUT2D eigenvalue weighted by molar-refractivity contribution is 7.89. The first-order chi connectivity index (χ1) is 15.2. The number of hydrogen-bond donors (Lipinski definition) is 1. The van der Waals surface area contributed by atoms with Gasteiger partial charge in [0.1, 0.15) is 0 Å². The summed E-state index contributed by atoms with van der Waals surface area (Å²) in [4.78, 5) is 4.20. The van der Waals surface area contributed by atoms with Crippen LogP contribution < -0.4 is 4.72 Å². The summed E-state index contributed by atoms with van der Waals surface area (Å²) >= 11 is 1.56. The van der Waals surface area contributed by atoms with E-state index in [1.165, 1.54) is 30.3 Å². The molecule has 0 aliphatic rings. The van der Waals surface area contributed by atoms with Crippen LogP contribution in [0.4, 0.5) is 13.2 Å². The van der Waals surface area contributed by atoms with Gasteiger partial charge in [0.15, 0.2) is 0 Å². The summed E-state index contributed by atoms with van der Waals surface area (Å²) in [6, 6.07) is 14.5. The molecule has 0 aliphatic carbocycles. The van der Waals surface area contributed by atoms with Crippen molar-refractivity contribution in [2.45, 2.75) is 17.6 Å². The molecule has 0 radical (unpaired) electrons. The number of aromatic nitrogens is 1. The summed E-state index contributed by atoms with van der Waals surface area (Å²) < 4.78 is 66.7. The lowest BCUT2D eigenvalue weighted by Crippen LogP contribution is -2.23. The summed E-state index contributed by atoms with van der Waals surface area (Å²) in [5.41, 5.74) is 2.70. The first-order valence-electron chi connectivity index (χ1n) is 9.46. The first kappa shape index (κ1) is 22.2. The maximum absolute atomic E-state index is 12.9. The number of pyridine rings is 1. The summed E-state index contributed by atoms with van der Waals surface area (Å²) in [7, 11) is -3.81. The summed E-state index contributed by atoms with van der Waals surface area (Å²) in [5, 5.41) is 3.94. The van der Waals surface area contributed by atoms with Gasteiger partial charge in [-0.3, -0.25) is 4.98 Å². The Morgan fingerprint density at radius 1 is 0.875 bits per heavy atom. The maximum Gasteiger partial charge on any atom is 0.416 e.